The van der Waals surface area contributed by atoms with Gasteiger partial charge < -0.3 is 9.14 Å². The minimum absolute atomic E-state index is 0.541. The van der Waals surface area contributed by atoms with Gasteiger partial charge in [0.25, 0.3) is 0 Å². The Labute approximate surface area is 157 Å². The molecule has 0 radical (unpaired) electrons. The van der Waals surface area contributed by atoms with Crippen molar-refractivity contribution < 1.29 is 9.53 Å². The number of carbonyl (C=O) groups excluding carboxylic acids is 1. The van der Waals surface area contributed by atoms with Crippen LogP contribution in [0, 0.1) is 10.1 Å². The summed E-state index contributed by atoms with van der Waals surface area (Å²) in [6.45, 7) is 6.93. The molecule has 0 spiro atoms. The van der Waals surface area contributed by atoms with Crippen LogP contribution in [0.15, 0.2) is 59.0 Å². The summed E-state index contributed by atoms with van der Waals surface area (Å²) in [5.41, 5.74) is 3.20. The van der Waals surface area contributed by atoms with Gasteiger partial charge in [-0.2, -0.15) is 0 Å². The highest BCUT2D eigenvalue weighted by Gasteiger charge is 2.23. The van der Waals surface area contributed by atoms with E-state index in [1.807, 2.05) is 41.1 Å². The summed E-state index contributed by atoms with van der Waals surface area (Å²) in [6.07, 6.45) is 2.69. The molecule has 0 saturated carbocycles. The number of imidazole rings is 1. The second-order valence-electron chi connectivity index (χ2n) is 5.03. The van der Waals surface area contributed by atoms with Gasteiger partial charge in [0.2, 0.25) is 0 Å². The van der Waals surface area contributed by atoms with Crippen molar-refractivity contribution in [3.63, 3.8) is 0 Å². The number of rotatable bonds is 4. The Morgan fingerprint density at radius 3 is 2.72 bits per heavy atom. The van der Waals surface area contributed by atoms with Gasteiger partial charge in [0.1, 0.15) is 5.65 Å². The second kappa shape index (κ2) is 7.40. The molecular formula is C17H12IN5O2. The number of hydrogen-bond acceptors (Lipinski definition) is 5. The van der Waals surface area contributed by atoms with Crippen molar-refractivity contribution in [2.45, 2.75) is 6.17 Å². The molecule has 0 bridgehead atoms. The average Bonchev–Trinajstić information content (AvgIpc) is 3.05. The van der Waals surface area contributed by atoms with Gasteiger partial charge in [-0.1, -0.05) is 17.2 Å². The summed E-state index contributed by atoms with van der Waals surface area (Å²) in [5, 5.41) is 7.63. The first-order chi connectivity index (χ1) is 12.1. The number of aromatic nitrogens is 2. The van der Waals surface area contributed by atoms with Crippen LogP contribution < -0.4 is 0 Å². The van der Waals surface area contributed by atoms with E-state index in [2.05, 4.69) is 47.4 Å². The van der Waals surface area contributed by atoms with Crippen LogP contribution in [0.25, 0.3) is 21.7 Å². The van der Waals surface area contributed by atoms with Crippen molar-refractivity contribution in [1.82, 2.24) is 9.38 Å². The van der Waals surface area contributed by atoms with Crippen LogP contribution in [-0.4, -0.2) is 28.6 Å². The normalized spacial score (nSPS) is 12.2. The first kappa shape index (κ1) is 17.0. The number of hydrogen-bond donors (Lipinski definition) is 0. The lowest BCUT2D eigenvalue weighted by molar-refractivity contribution is -0.141. The van der Waals surface area contributed by atoms with Crippen LogP contribution in [0.4, 0.5) is 5.69 Å². The molecule has 3 rings (SSSR count). The molecule has 0 fully saturated rings. The van der Waals surface area contributed by atoms with Gasteiger partial charge in [-0.05, 0) is 46.9 Å². The number of benzene rings is 1. The van der Waals surface area contributed by atoms with Gasteiger partial charge >= 0.3 is 12.1 Å². The van der Waals surface area contributed by atoms with Crippen LogP contribution in [0.5, 0.6) is 0 Å². The molecule has 25 heavy (non-hydrogen) atoms. The molecule has 2 heterocycles. The van der Waals surface area contributed by atoms with Gasteiger partial charge in [0.15, 0.2) is 0 Å². The smallest absolute Gasteiger partial charge is 0.428 e. The lowest BCUT2D eigenvalue weighted by Gasteiger charge is -1.98. The zero-order valence-corrected chi connectivity index (χ0v) is 15.3. The number of nitrogens with zero attached hydrogens (tertiary/aromatic N) is 5. The first-order valence-electron chi connectivity index (χ1n) is 7.20. The number of esters is 1. The third kappa shape index (κ3) is 3.83. The highest BCUT2D eigenvalue weighted by molar-refractivity contribution is 14.1. The lowest BCUT2D eigenvalue weighted by atomic mass is 10.1. The topological polar surface area (TPSA) is 72.7 Å². The van der Waals surface area contributed by atoms with Crippen LogP contribution in [-0.2, 0) is 9.53 Å². The third-order valence-corrected chi connectivity index (χ3v) is 4.03. The highest BCUT2D eigenvalue weighted by Crippen LogP contribution is 2.23. The summed E-state index contributed by atoms with van der Waals surface area (Å²) in [7, 11) is 1.21. The number of halogens is 1. The molecular weight excluding hydrogens is 433 g/mol. The monoisotopic (exact) mass is 445 g/mol. The van der Waals surface area contributed by atoms with Gasteiger partial charge in [-0.25, -0.2) is 16.4 Å². The number of carbonyl (C=O) groups is 1. The standard InChI is InChI=1S/C17H12IN5O2/c1-19-16(17(24)25-2)22-21-13-6-3-11(4-7-13)14-10-23-9-12(18)5-8-15(23)20-14/h3-10,16H,2H3. The minimum Gasteiger partial charge on any atom is -0.462 e. The van der Waals surface area contributed by atoms with Crippen molar-refractivity contribution in [2.75, 3.05) is 7.11 Å². The maximum Gasteiger partial charge on any atom is 0.428 e. The predicted molar refractivity (Wildman–Crippen MR) is 100 cm³/mol. The third-order valence-electron chi connectivity index (χ3n) is 3.39. The maximum absolute atomic E-state index is 11.3. The Morgan fingerprint density at radius 2 is 2.04 bits per heavy atom. The van der Waals surface area contributed by atoms with Crippen molar-refractivity contribution in [1.29, 1.82) is 0 Å². The average molecular weight is 445 g/mol. The Kier molecular flexibility index (Phi) is 5.04. The molecule has 124 valence electrons. The van der Waals surface area contributed by atoms with Crippen molar-refractivity contribution >= 4 is 39.9 Å². The highest BCUT2D eigenvalue weighted by atomic mass is 127. The van der Waals surface area contributed by atoms with Crippen molar-refractivity contribution in [3.8, 4) is 11.3 Å². The zero-order valence-electron chi connectivity index (χ0n) is 13.1. The van der Waals surface area contributed by atoms with E-state index in [-0.39, 0.29) is 0 Å². The molecule has 0 aliphatic rings. The van der Waals surface area contributed by atoms with Gasteiger partial charge in [-0.3, -0.25) is 4.85 Å². The molecule has 0 saturated heterocycles. The molecule has 3 aromatic rings. The van der Waals surface area contributed by atoms with Gasteiger partial charge in [0, 0.05) is 21.5 Å². The Bertz CT molecular complexity index is 988. The predicted octanol–water partition coefficient (Wildman–Crippen LogP) is 4.11. The van der Waals surface area contributed by atoms with E-state index in [9.17, 15) is 4.79 Å². The fourth-order valence-corrected chi connectivity index (χ4v) is 2.63. The molecule has 1 aromatic carbocycles. The van der Waals surface area contributed by atoms with Crippen molar-refractivity contribution in [2.24, 2.45) is 10.2 Å². The quantitative estimate of drug-likeness (QED) is 0.263. The van der Waals surface area contributed by atoms with E-state index < -0.39 is 12.1 Å². The SMILES string of the molecule is [C-]#[N+]C(N=Nc1ccc(-c2cn3cc(I)ccc3n2)cc1)C(=O)OC. The number of azo groups is 1. The second-order valence-corrected chi connectivity index (χ2v) is 6.27. The van der Waals surface area contributed by atoms with Gasteiger partial charge in [0.05, 0.1) is 18.5 Å². The molecule has 0 aliphatic heterocycles. The summed E-state index contributed by atoms with van der Waals surface area (Å²) >= 11 is 2.26. The van der Waals surface area contributed by atoms with E-state index in [0.29, 0.717) is 5.69 Å². The fraction of sp³-hybridized carbons (Fsp3) is 0.118. The zero-order chi connectivity index (χ0) is 17.8. The Morgan fingerprint density at radius 1 is 1.28 bits per heavy atom. The summed E-state index contributed by atoms with van der Waals surface area (Å²) < 4.78 is 7.59. The summed E-state index contributed by atoms with van der Waals surface area (Å²) in [5.74, 6) is -0.727. The maximum atomic E-state index is 11.3. The largest absolute Gasteiger partial charge is 0.462 e. The number of methoxy groups -OCH3 is 1. The number of pyridine rings is 1. The number of ether oxygens (including phenoxy) is 1. The van der Waals surface area contributed by atoms with E-state index >= 15 is 0 Å². The minimum atomic E-state index is -1.27. The van der Waals surface area contributed by atoms with Gasteiger partial charge in [-0.15, -0.1) is 5.11 Å². The molecule has 1 unspecified atom stereocenters. The molecule has 2 aromatic heterocycles. The van der Waals surface area contributed by atoms with Crippen LogP contribution >= 0.6 is 22.6 Å². The Hall–Kier alpha value is -2.80. The number of fused-ring (bicyclic) bond motifs is 1. The van der Waals surface area contributed by atoms with Crippen LogP contribution in [0.3, 0.4) is 0 Å². The van der Waals surface area contributed by atoms with E-state index in [1.54, 1.807) is 12.1 Å². The Balaban J connectivity index is 1.81. The van der Waals surface area contributed by atoms with E-state index in [4.69, 9.17) is 6.57 Å². The molecule has 0 aliphatic carbocycles. The molecule has 1 atom stereocenters. The first-order valence-corrected chi connectivity index (χ1v) is 8.28. The molecule has 0 N–H and O–H groups in total. The van der Waals surface area contributed by atoms with Crippen LogP contribution in [0.2, 0.25) is 0 Å². The molecule has 0 amide bonds. The molecule has 8 heteroatoms. The van der Waals surface area contributed by atoms with E-state index in [1.165, 1.54) is 7.11 Å². The summed E-state index contributed by atoms with van der Waals surface area (Å²) in [6, 6.07) is 11.2. The van der Waals surface area contributed by atoms with Crippen LogP contribution in [0.1, 0.15) is 0 Å². The van der Waals surface area contributed by atoms with Crippen molar-refractivity contribution in [3.05, 3.63) is 63.8 Å². The fourth-order valence-electron chi connectivity index (χ4n) is 2.16. The van der Waals surface area contributed by atoms with E-state index in [0.717, 1.165) is 20.5 Å². The lowest BCUT2D eigenvalue weighted by Crippen LogP contribution is -2.15. The molecule has 7 nitrogen and oxygen atoms in total. The summed E-state index contributed by atoms with van der Waals surface area (Å²) in [4.78, 5) is 19.0.